The van der Waals surface area contributed by atoms with E-state index in [1.54, 1.807) is 12.0 Å². The summed E-state index contributed by atoms with van der Waals surface area (Å²) in [6.07, 6.45) is -0.424. The summed E-state index contributed by atoms with van der Waals surface area (Å²) < 4.78 is 77.1. The molecule has 5 rings (SSSR count). The molecule has 1 N–H and O–H groups in total. The van der Waals surface area contributed by atoms with E-state index >= 15 is 0 Å². The summed E-state index contributed by atoms with van der Waals surface area (Å²) in [5.41, 5.74) is -0.819. The number of fused-ring (bicyclic) bond motifs is 2. The van der Waals surface area contributed by atoms with Gasteiger partial charge in [-0.15, -0.1) is 0 Å². The van der Waals surface area contributed by atoms with Crippen molar-refractivity contribution in [2.75, 3.05) is 46.2 Å². The number of ether oxygens (including phenoxy) is 2. The van der Waals surface area contributed by atoms with Gasteiger partial charge in [-0.05, 0) is 36.8 Å². The van der Waals surface area contributed by atoms with Crippen LogP contribution in [-0.4, -0.2) is 92.9 Å². The minimum atomic E-state index is -4.52. The number of nitrogens with zero attached hydrogens (tertiary/aromatic N) is 3. The van der Waals surface area contributed by atoms with Gasteiger partial charge in [-0.25, -0.2) is 12.7 Å². The van der Waals surface area contributed by atoms with Gasteiger partial charge in [-0.1, -0.05) is 0 Å². The van der Waals surface area contributed by atoms with E-state index in [1.807, 2.05) is 0 Å². The number of hydrogen-bond acceptors (Lipinski definition) is 7. The molecule has 4 heterocycles. The molecule has 1 aromatic heterocycles. The zero-order chi connectivity index (χ0) is 26.6. The van der Waals surface area contributed by atoms with Crippen LogP contribution >= 0.6 is 0 Å². The summed E-state index contributed by atoms with van der Waals surface area (Å²) >= 11 is 0. The third kappa shape index (κ3) is 5.12. The topological polar surface area (TPSA) is 101 Å². The first-order chi connectivity index (χ1) is 17.4. The van der Waals surface area contributed by atoms with Crippen LogP contribution in [0.2, 0.25) is 0 Å². The average Bonchev–Trinajstić information content (AvgIpc) is 3.38. The number of nitrogens with one attached hydrogen (secondary N) is 1. The maximum Gasteiger partial charge on any atom is 0.417 e. The van der Waals surface area contributed by atoms with Gasteiger partial charge in [0.15, 0.2) is 0 Å². The molecule has 13 heteroatoms. The van der Waals surface area contributed by atoms with Crippen molar-refractivity contribution in [3.63, 3.8) is 0 Å². The molecule has 1 aliphatic carbocycles. The predicted molar refractivity (Wildman–Crippen MR) is 127 cm³/mol. The highest BCUT2D eigenvalue weighted by Gasteiger charge is 2.60. The molecule has 1 aromatic rings. The number of aromatic nitrogens is 1. The summed E-state index contributed by atoms with van der Waals surface area (Å²) in [6.45, 7) is 1.80. The third-order valence-corrected chi connectivity index (χ3v) is 9.67. The van der Waals surface area contributed by atoms with Crippen molar-refractivity contribution in [2.45, 2.75) is 56.6 Å². The van der Waals surface area contributed by atoms with E-state index < -0.39 is 27.2 Å². The van der Waals surface area contributed by atoms with Gasteiger partial charge < -0.3 is 19.7 Å². The lowest BCUT2D eigenvalue weighted by atomic mass is 9.78. The smallest absolute Gasteiger partial charge is 0.379 e. The molecular formula is C24H33F3N4O5S. The summed E-state index contributed by atoms with van der Waals surface area (Å²) in [4.78, 5) is 19.7. The Morgan fingerprint density at radius 1 is 1.35 bits per heavy atom. The Morgan fingerprint density at radius 2 is 2.14 bits per heavy atom. The molecule has 1 amide bonds. The van der Waals surface area contributed by atoms with Crippen LogP contribution in [0.4, 0.5) is 13.2 Å². The SMILES string of the molecule is CO[C@@H]1COCC[C@@H]1N[C@@H]1C[C@H]2CN(S(C)(=O)=O)C[C@@]2(C(=O)N2CCc3ncc(C(F)(F)F)cc3C2)C1. The van der Waals surface area contributed by atoms with Crippen LogP contribution in [0.25, 0.3) is 0 Å². The van der Waals surface area contributed by atoms with Crippen molar-refractivity contribution in [3.05, 3.63) is 29.1 Å². The van der Waals surface area contributed by atoms with Gasteiger partial charge in [0.2, 0.25) is 15.9 Å². The summed E-state index contributed by atoms with van der Waals surface area (Å²) in [5, 5.41) is 3.64. The molecule has 3 aliphatic heterocycles. The van der Waals surface area contributed by atoms with E-state index in [-0.39, 0.29) is 49.6 Å². The molecule has 0 unspecified atom stereocenters. The molecule has 0 bridgehead atoms. The fourth-order valence-electron chi connectivity index (χ4n) is 6.54. The van der Waals surface area contributed by atoms with Gasteiger partial charge in [0, 0.05) is 70.3 Å². The summed E-state index contributed by atoms with van der Waals surface area (Å²) in [7, 11) is -1.87. The molecule has 9 nitrogen and oxygen atoms in total. The van der Waals surface area contributed by atoms with Crippen molar-refractivity contribution >= 4 is 15.9 Å². The van der Waals surface area contributed by atoms with E-state index in [0.717, 1.165) is 24.9 Å². The number of rotatable bonds is 5. The number of alkyl halides is 3. The quantitative estimate of drug-likeness (QED) is 0.596. The summed E-state index contributed by atoms with van der Waals surface area (Å²) in [6, 6.07) is 1.13. The monoisotopic (exact) mass is 546 g/mol. The molecule has 2 saturated heterocycles. The maximum absolute atomic E-state index is 14.1. The van der Waals surface area contributed by atoms with Gasteiger partial charge in [-0.2, -0.15) is 13.2 Å². The number of carbonyl (C=O) groups is 1. The number of amides is 1. The van der Waals surface area contributed by atoms with E-state index in [1.165, 1.54) is 4.31 Å². The fraction of sp³-hybridized carbons (Fsp3) is 0.750. The molecule has 5 atom stereocenters. The van der Waals surface area contributed by atoms with Crippen LogP contribution < -0.4 is 5.32 Å². The lowest BCUT2D eigenvalue weighted by Crippen LogP contribution is -2.52. The second kappa shape index (κ2) is 9.74. The van der Waals surface area contributed by atoms with E-state index in [2.05, 4.69) is 10.3 Å². The van der Waals surface area contributed by atoms with Crippen molar-refractivity contribution in [2.24, 2.45) is 11.3 Å². The van der Waals surface area contributed by atoms with E-state index in [0.29, 0.717) is 50.3 Å². The first-order valence-electron chi connectivity index (χ1n) is 12.6. The summed E-state index contributed by atoms with van der Waals surface area (Å²) in [5.74, 6) is -0.375. The molecule has 37 heavy (non-hydrogen) atoms. The lowest BCUT2D eigenvalue weighted by molar-refractivity contribution is -0.143. The zero-order valence-electron chi connectivity index (χ0n) is 21.0. The zero-order valence-corrected chi connectivity index (χ0v) is 21.8. The predicted octanol–water partition coefficient (Wildman–Crippen LogP) is 1.42. The Balaban J connectivity index is 1.38. The Kier molecular flexibility index (Phi) is 7.06. The standard InChI is InChI=1S/C24H33F3N4O5S/c1-35-21-13-36-6-4-20(21)29-18-8-17-12-31(37(2,33)34)14-23(17,9-18)22(32)30-5-3-19-15(11-30)7-16(10-28-19)24(25,26)27/h7,10,17-18,20-21,29H,3-6,8-9,11-14H2,1-2H3/t17-,18+,20-,21+,23-/m0/s1. The number of hydrogen-bond donors (Lipinski definition) is 1. The second-order valence-corrected chi connectivity index (χ2v) is 12.7. The molecule has 4 aliphatic rings. The second-order valence-electron chi connectivity index (χ2n) is 10.8. The molecule has 0 radical (unpaired) electrons. The Hall–Kier alpha value is -1.80. The molecule has 0 spiro atoms. The van der Waals surface area contributed by atoms with Gasteiger partial charge in [-0.3, -0.25) is 9.78 Å². The van der Waals surface area contributed by atoms with Gasteiger partial charge in [0.1, 0.15) is 0 Å². The minimum absolute atomic E-state index is 0.00742. The highest BCUT2D eigenvalue weighted by atomic mass is 32.2. The Bertz CT molecular complexity index is 1150. The highest BCUT2D eigenvalue weighted by molar-refractivity contribution is 7.88. The van der Waals surface area contributed by atoms with Crippen LogP contribution in [0.15, 0.2) is 12.3 Å². The van der Waals surface area contributed by atoms with Crippen LogP contribution in [0, 0.1) is 11.3 Å². The lowest BCUT2D eigenvalue weighted by Gasteiger charge is -2.37. The number of halogens is 3. The normalized spacial score (nSPS) is 32.8. The van der Waals surface area contributed by atoms with Crippen molar-refractivity contribution in [1.82, 2.24) is 19.5 Å². The van der Waals surface area contributed by atoms with Gasteiger partial charge >= 0.3 is 6.18 Å². The number of carbonyl (C=O) groups excluding carboxylic acids is 1. The van der Waals surface area contributed by atoms with Crippen molar-refractivity contribution in [1.29, 1.82) is 0 Å². The number of pyridine rings is 1. The third-order valence-electron chi connectivity index (χ3n) is 8.45. The largest absolute Gasteiger partial charge is 0.417 e. The molecule has 3 fully saturated rings. The Morgan fingerprint density at radius 3 is 2.84 bits per heavy atom. The first-order valence-corrected chi connectivity index (χ1v) is 14.4. The van der Waals surface area contributed by atoms with Crippen molar-refractivity contribution in [3.8, 4) is 0 Å². The van der Waals surface area contributed by atoms with Gasteiger partial charge in [0.25, 0.3) is 0 Å². The van der Waals surface area contributed by atoms with Crippen LogP contribution in [0.1, 0.15) is 36.1 Å². The highest BCUT2D eigenvalue weighted by Crippen LogP contribution is 2.51. The number of methoxy groups -OCH3 is 1. The number of sulfonamides is 1. The van der Waals surface area contributed by atoms with E-state index in [4.69, 9.17) is 9.47 Å². The average molecular weight is 547 g/mol. The minimum Gasteiger partial charge on any atom is -0.379 e. The van der Waals surface area contributed by atoms with Crippen LogP contribution in [-0.2, 0) is 43.4 Å². The van der Waals surface area contributed by atoms with Crippen molar-refractivity contribution < 1.29 is 35.9 Å². The molecule has 0 aromatic carbocycles. The molecule has 1 saturated carbocycles. The fourth-order valence-corrected chi connectivity index (χ4v) is 7.46. The van der Waals surface area contributed by atoms with Crippen LogP contribution in [0.5, 0.6) is 0 Å². The Labute approximate surface area is 214 Å². The molecule has 206 valence electrons. The van der Waals surface area contributed by atoms with Crippen LogP contribution in [0.3, 0.4) is 0 Å². The maximum atomic E-state index is 14.1. The van der Waals surface area contributed by atoms with Gasteiger partial charge in [0.05, 0.1) is 29.9 Å². The first kappa shape index (κ1) is 26.8. The molecular weight excluding hydrogens is 513 g/mol. The van der Waals surface area contributed by atoms with E-state index in [9.17, 15) is 26.4 Å².